The minimum Gasteiger partial charge on any atom is -0.462 e. The Morgan fingerprint density at radius 1 is 1.47 bits per heavy atom. The number of esters is 1. The average Bonchev–Trinajstić information content (AvgIpc) is 2.26. The fourth-order valence-electron chi connectivity index (χ4n) is 1.26. The van der Waals surface area contributed by atoms with E-state index in [-0.39, 0.29) is 6.61 Å². The second-order valence-electron chi connectivity index (χ2n) is 3.27. The first-order valence-corrected chi connectivity index (χ1v) is 5.28. The monoisotopic (exact) mass is 303 g/mol. The highest BCUT2D eigenvalue weighted by Crippen LogP contribution is 2.37. The summed E-state index contributed by atoms with van der Waals surface area (Å²) in [6, 6.07) is 0. The molecule has 9 heteroatoms. The predicted octanol–water partition coefficient (Wildman–Crippen LogP) is 3.87. The lowest BCUT2D eigenvalue weighted by Gasteiger charge is -2.14. The first-order chi connectivity index (χ1) is 8.70. The van der Waals surface area contributed by atoms with Crippen LogP contribution in [0.1, 0.15) is 35.0 Å². The molecular weight excluding hydrogens is 297 g/mol. The summed E-state index contributed by atoms with van der Waals surface area (Å²) in [5.74, 6) is -1.45. The van der Waals surface area contributed by atoms with Crippen molar-refractivity contribution in [2.45, 2.75) is 19.5 Å². The van der Waals surface area contributed by atoms with Gasteiger partial charge in [0.1, 0.15) is 5.56 Å². The number of ether oxygens (including phenoxy) is 1. The lowest BCUT2D eigenvalue weighted by atomic mass is 10.1. The minimum atomic E-state index is -5.01. The summed E-state index contributed by atoms with van der Waals surface area (Å²) < 4.78 is 67.4. The van der Waals surface area contributed by atoms with Crippen LogP contribution in [0, 0.1) is 0 Å². The first kappa shape index (κ1) is 15.6. The van der Waals surface area contributed by atoms with E-state index in [2.05, 4.69) is 9.72 Å². The maximum atomic E-state index is 12.6. The topological polar surface area (TPSA) is 39.2 Å². The van der Waals surface area contributed by atoms with E-state index in [0.717, 1.165) is 0 Å². The van der Waals surface area contributed by atoms with Crippen molar-refractivity contribution in [3.63, 3.8) is 0 Å². The molecule has 0 saturated heterocycles. The van der Waals surface area contributed by atoms with Crippen LogP contribution in [0.4, 0.5) is 22.0 Å². The van der Waals surface area contributed by atoms with Gasteiger partial charge in [-0.05, 0) is 6.92 Å². The van der Waals surface area contributed by atoms with Gasteiger partial charge >= 0.3 is 12.1 Å². The molecule has 0 aliphatic rings. The van der Waals surface area contributed by atoms with Crippen LogP contribution in [0.2, 0.25) is 5.02 Å². The molecule has 0 N–H and O–H groups in total. The molecule has 0 spiro atoms. The zero-order valence-corrected chi connectivity index (χ0v) is 10.1. The second kappa shape index (κ2) is 5.68. The van der Waals surface area contributed by atoms with Crippen molar-refractivity contribution in [3.8, 4) is 0 Å². The second-order valence-corrected chi connectivity index (χ2v) is 3.65. The maximum absolute atomic E-state index is 12.6. The fraction of sp³-hybridized carbons (Fsp3) is 0.400. The Balaban J connectivity index is 3.51. The lowest BCUT2D eigenvalue weighted by molar-refractivity contribution is -0.141. The Morgan fingerprint density at radius 3 is 2.47 bits per heavy atom. The number of halogens is 6. The van der Waals surface area contributed by atoms with Crippen LogP contribution in [0.5, 0.6) is 0 Å². The highest BCUT2D eigenvalue weighted by atomic mass is 35.5. The number of hydrogen-bond donors (Lipinski definition) is 0. The molecule has 0 radical (unpaired) electrons. The summed E-state index contributed by atoms with van der Waals surface area (Å²) in [4.78, 5) is 14.3. The highest BCUT2D eigenvalue weighted by Gasteiger charge is 2.40. The largest absolute Gasteiger partial charge is 0.462 e. The fourth-order valence-corrected chi connectivity index (χ4v) is 1.56. The van der Waals surface area contributed by atoms with Crippen LogP contribution in [-0.2, 0) is 10.9 Å². The molecule has 0 aliphatic carbocycles. The van der Waals surface area contributed by atoms with E-state index in [4.69, 9.17) is 11.6 Å². The SMILES string of the molecule is CCOC(=O)c1c(C(F)(F)F)ncc(C(F)F)c1Cl. The third-order valence-electron chi connectivity index (χ3n) is 2.03. The molecule has 0 fully saturated rings. The molecule has 1 aromatic rings. The van der Waals surface area contributed by atoms with Gasteiger partial charge in [-0.15, -0.1) is 0 Å². The zero-order valence-electron chi connectivity index (χ0n) is 9.39. The van der Waals surface area contributed by atoms with E-state index in [1.54, 1.807) is 0 Å². The molecule has 1 aromatic heterocycles. The van der Waals surface area contributed by atoms with Crippen molar-refractivity contribution in [3.05, 3.63) is 28.0 Å². The van der Waals surface area contributed by atoms with Gasteiger partial charge in [-0.3, -0.25) is 4.98 Å². The number of aromatic nitrogens is 1. The van der Waals surface area contributed by atoms with Crippen LogP contribution >= 0.6 is 11.6 Å². The molecule has 0 atom stereocenters. The average molecular weight is 304 g/mol. The number of rotatable bonds is 3. The maximum Gasteiger partial charge on any atom is 0.434 e. The normalized spacial score (nSPS) is 11.8. The summed E-state index contributed by atoms with van der Waals surface area (Å²) in [7, 11) is 0. The molecule has 0 aliphatic heterocycles. The predicted molar refractivity (Wildman–Crippen MR) is 55.2 cm³/mol. The van der Waals surface area contributed by atoms with Gasteiger partial charge in [0.2, 0.25) is 0 Å². The van der Waals surface area contributed by atoms with Crippen LogP contribution in [0.15, 0.2) is 6.20 Å². The molecule has 0 bridgehead atoms. The number of carbonyl (C=O) groups excluding carboxylic acids is 1. The van der Waals surface area contributed by atoms with E-state index in [1.165, 1.54) is 6.92 Å². The number of alkyl halides is 5. The van der Waals surface area contributed by atoms with Crippen LogP contribution in [-0.4, -0.2) is 17.6 Å². The molecule has 1 heterocycles. The Bertz CT molecular complexity index is 490. The van der Waals surface area contributed by atoms with Crippen LogP contribution in [0.25, 0.3) is 0 Å². The van der Waals surface area contributed by atoms with E-state index >= 15 is 0 Å². The molecule has 1 rings (SSSR count). The summed E-state index contributed by atoms with van der Waals surface area (Å²) in [6.45, 7) is 1.12. The molecule has 0 saturated carbocycles. The molecule has 3 nitrogen and oxygen atoms in total. The first-order valence-electron chi connectivity index (χ1n) is 4.91. The van der Waals surface area contributed by atoms with Crippen molar-refractivity contribution >= 4 is 17.6 Å². The molecule has 0 unspecified atom stereocenters. The molecule has 0 amide bonds. The van der Waals surface area contributed by atoms with Crippen LogP contribution in [0.3, 0.4) is 0 Å². The van der Waals surface area contributed by atoms with E-state index in [0.29, 0.717) is 6.20 Å². The van der Waals surface area contributed by atoms with Crippen molar-refractivity contribution in [1.29, 1.82) is 0 Å². The number of carbonyl (C=O) groups is 1. The van der Waals surface area contributed by atoms with Gasteiger partial charge in [0.15, 0.2) is 5.69 Å². The minimum absolute atomic E-state index is 0.231. The third-order valence-corrected chi connectivity index (χ3v) is 2.43. The van der Waals surface area contributed by atoms with Gasteiger partial charge in [-0.25, -0.2) is 13.6 Å². The lowest BCUT2D eigenvalue weighted by Crippen LogP contribution is -2.19. The van der Waals surface area contributed by atoms with Gasteiger partial charge in [-0.2, -0.15) is 13.2 Å². The Kier molecular flexibility index (Phi) is 4.67. The van der Waals surface area contributed by atoms with Gasteiger partial charge in [0.25, 0.3) is 6.43 Å². The van der Waals surface area contributed by atoms with Gasteiger partial charge in [-0.1, -0.05) is 11.6 Å². The summed E-state index contributed by atoms with van der Waals surface area (Å²) in [5.41, 5.74) is -3.81. The quantitative estimate of drug-likeness (QED) is 0.628. The van der Waals surface area contributed by atoms with Gasteiger partial charge in [0, 0.05) is 6.20 Å². The Morgan fingerprint density at radius 2 is 2.05 bits per heavy atom. The zero-order chi connectivity index (χ0) is 14.8. The standard InChI is InChI=1S/C10H7ClF5NO2/c1-2-19-9(18)5-6(11)4(8(12)13)3-17-7(5)10(14,15)16/h3,8H,2H2,1H3. The Hall–Kier alpha value is -1.44. The van der Waals surface area contributed by atoms with Crippen molar-refractivity contribution in [2.75, 3.05) is 6.61 Å². The smallest absolute Gasteiger partial charge is 0.434 e. The third kappa shape index (κ3) is 3.31. The number of pyridine rings is 1. The number of nitrogens with zero attached hydrogens (tertiary/aromatic N) is 1. The molecule has 19 heavy (non-hydrogen) atoms. The van der Waals surface area contributed by atoms with Gasteiger partial charge in [0.05, 0.1) is 17.2 Å². The van der Waals surface area contributed by atoms with Crippen molar-refractivity contribution in [2.24, 2.45) is 0 Å². The molecular formula is C10H7ClF5NO2. The van der Waals surface area contributed by atoms with Crippen molar-refractivity contribution in [1.82, 2.24) is 4.98 Å². The van der Waals surface area contributed by atoms with Crippen LogP contribution < -0.4 is 0 Å². The number of hydrogen-bond acceptors (Lipinski definition) is 3. The molecule has 0 aromatic carbocycles. The van der Waals surface area contributed by atoms with E-state index in [1.807, 2.05) is 0 Å². The summed E-state index contributed by atoms with van der Waals surface area (Å²) in [6.07, 6.45) is -7.87. The van der Waals surface area contributed by atoms with E-state index < -0.39 is 40.4 Å². The Labute approximate surface area is 109 Å². The van der Waals surface area contributed by atoms with Gasteiger partial charge < -0.3 is 4.74 Å². The summed E-state index contributed by atoms with van der Waals surface area (Å²) >= 11 is 5.42. The molecule has 106 valence electrons. The highest BCUT2D eigenvalue weighted by molar-refractivity contribution is 6.34. The summed E-state index contributed by atoms with van der Waals surface area (Å²) in [5, 5.41) is -1.00. The van der Waals surface area contributed by atoms with E-state index in [9.17, 15) is 26.7 Å². The van der Waals surface area contributed by atoms with Crippen molar-refractivity contribution < 1.29 is 31.5 Å².